The average Bonchev–Trinajstić information content (AvgIpc) is 3.62. The molecule has 0 saturated carbocycles. The molecule has 0 aliphatic carbocycles. The molecule has 8 heteroatoms. The molecule has 0 amide bonds. The van der Waals surface area contributed by atoms with Crippen LogP contribution >= 0.6 is 0 Å². The van der Waals surface area contributed by atoms with Crippen LogP contribution in [-0.2, 0) is 16.0 Å². The lowest BCUT2D eigenvalue weighted by Gasteiger charge is -2.17. The summed E-state index contributed by atoms with van der Waals surface area (Å²) in [4.78, 5) is 34.2. The highest BCUT2D eigenvalue weighted by atomic mass is 16.5. The minimum atomic E-state index is -0.979. The molecule has 0 spiro atoms. The van der Waals surface area contributed by atoms with Crippen LogP contribution < -0.4 is 16.0 Å². The van der Waals surface area contributed by atoms with E-state index in [0.29, 0.717) is 24.2 Å². The monoisotopic (exact) mass is 554 g/mol. The van der Waals surface area contributed by atoms with Crippen molar-refractivity contribution >= 4 is 42.3 Å². The van der Waals surface area contributed by atoms with E-state index < -0.39 is 5.97 Å². The van der Waals surface area contributed by atoms with Crippen LogP contribution in [0, 0.1) is 32.6 Å². The number of nitrogens with one attached hydrogen (secondary N) is 4. The van der Waals surface area contributed by atoms with E-state index in [1.165, 1.54) is 5.56 Å². The number of carboxylic acid groups (broad SMARTS) is 1. The number of fused-ring (bicyclic) bond motifs is 8. The number of H-pyrrole nitrogens is 3. The van der Waals surface area contributed by atoms with Crippen molar-refractivity contribution in [2.24, 2.45) is 11.8 Å². The third kappa shape index (κ3) is 4.67. The average molecular weight is 555 g/mol. The van der Waals surface area contributed by atoms with Gasteiger partial charge in [0.2, 0.25) is 0 Å². The van der Waals surface area contributed by atoms with E-state index >= 15 is 0 Å². The molecule has 5 N–H and O–H groups in total. The molecule has 41 heavy (non-hydrogen) atoms. The summed E-state index contributed by atoms with van der Waals surface area (Å²) in [5, 5.41) is 15.9. The smallest absolute Gasteiger partial charge is 0.338 e. The number of hydrogen-bond donors (Lipinski definition) is 5. The van der Waals surface area contributed by atoms with Crippen molar-refractivity contribution in [1.29, 1.82) is 0 Å². The first kappa shape index (κ1) is 28.1. The molecule has 2 aliphatic heterocycles. The first-order valence-corrected chi connectivity index (χ1v) is 14.1. The molecule has 3 aromatic heterocycles. The number of aromatic amines is 3. The van der Waals surface area contributed by atoms with Crippen molar-refractivity contribution < 1.29 is 19.4 Å². The summed E-state index contributed by atoms with van der Waals surface area (Å²) in [6.07, 6.45) is 9.58. The highest BCUT2D eigenvalue weighted by Gasteiger charge is 2.35. The van der Waals surface area contributed by atoms with Gasteiger partial charge in [-0.2, -0.15) is 0 Å². The second-order valence-corrected chi connectivity index (χ2v) is 11.0. The first-order chi connectivity index (χ1) is 19.6. The Morgan fingerprint density at radius 3 is 2.37 bits per heavy atom. The van der Waals surface area contributed by atoms with Gasteiger partial charge >= 0.3 is 5.97 Å². The molecule has 1 saturated heterocycles. The Morgan fingerprint density at radius 2 is 1.71 bits per heavy atom. The molecule has 5 rings (SSSR count). The van der Waals surface area contributed by atoms with E-state index in [1.807, 2.05) is 26.0 Å². The van der Waals surface area contributed by atoms with Crippen LogP contribution in [0.4, 0.5) is 0 Å². The lowest BCUT2D eigenvalue weighted by atomic mass is 9.87. The number of hydrogen-bond acceptors (Lipinski definition) is 4. The van der Waals surface area contributed by atoms with Crippen LogP contribution in [0.3, 0.4) is 0 Å². The Morgan fingerprint density at radius 1 is 1.00 bits per heavy atom. The summed E-state index contributed by atoms with van der Waals surface area (Å²) < 4.78 is 5.08. The number of ether oxygens (including phenoxy) is 1. The van der Waals surface area contributed by atoms with E-state index in [9.17, 15) is 14.7 Å². The van der Waals surface area contributed by atoms with Crippen molar-refractivity contribution in [3.8, 4) is 0 Å². The number of rotatable bonds is 7. The minimum Gasteiger partial charge on any atom is -0.478 e. The number of allylic oxidation sites excluding steroid dienone is 3. The van der Waals surface area contributed by atoms with Crippen LogP contribution in [0.15, 0.2) is 18.0 Å². The summed E-state index contributed by atoms with van der Waals surface area (Å²) in [6, 6.07) is 0. The summed E-state index contributed by atoms with van der Waals surface area (Å²) in [7, 11) is 0. The zero-order chi connectivity index (χ0) is 29.6. The predicted octanol–water partition coefficient (Wildman–Crippen LogP) is 4.66. The number of aromatic carboxylic acids is 1. The predicted molar refractivity (Wildman–Crippen MR) is 162 cm³/mol. The Labute approximate surface area is 239 Å². The fourth-order valence-electron chi connectivity index (χ4n) is 6.47. The van der Waals surface area contributed by atoms with E-state index in [4.69, 9.17) is 4.74 Å². The number of carbonyl (C=O) groups is 2. The summed E-state index contributed by atoms with van der Waals surface area (Å²) >= 11 is 0. The molecule has 0 unspecified atom stereocenters. The first-order valence-electron chi connectivity index (χ1n) is 14.1. The molecule has 0 radical (unpaired) electrons. The van der Waals surface area contributed by atoms with Gasteiger partial charge in [0.05, 0.1) is 17.9 Å². The zero-order valence-electron chi connectivity index (χ0n) is 24.5. The van der Waals surface area contributed by atoms with Crippen molar-refractivity contribution in [2.45, 2.75) is 54.4 Å². The molecular formula is C33H38N4O4. The van der Waals surface area contributed by atoms with Crippen LogP contribution in [0.2, 0.25) is 0 Å². The molecule has 2 atom stereocenters. The van der Waals surface area contributed by atoms with Gasteiger partial charge in [0.1, 0.15) is 0 Å². The fraction of sp³-hybridized carbons (Fsp3) is 0.333. The van der Waals surface area contributed by atoms with Gasteiger partial charge in [-0.1, -0.05) is 26.5 Å². The SMILES string of the molecule is C=Cc1c2[nH]c(c1C)C=C1NC(=C(C)c3[nH]c(c(C)c3C(=O)O)C=c3[nH]c(c(C)c3CC)=C2)[C@@H](CCOC=O)[C@@H]1C. The number of carboxylic acids is 1. The van der Waals surface area contributed by atoms with E-state index in [0.717, 1.165) is 67.9 Å². The third-order valence-corrected chi connectivity index (χ3v) is 8.89. The van der Waals surface area contributed by atoms with Gasteiger partial charge in [0.15, 0.2) is 0 Å². The highest BCUT2D eigenvalue weighted by Crippen LogP contribution is 2.41. The second kappa shape index (κ2) is 10.8. The molecule has 2 aliphatic rings. The van der Waals surface area contributed by atoms with Crippen molar-refractivity contribution in [3.05, 3.63) is 84.8 Å². The van der Waals surface area contributed by atoms with Crippen molar-refractivity contribution in [3.63, 3.8) is 0 Å². The van der Waals surface area contributed by atoms with Gasteiger partial charge in [-0.3, -0.25) is 4.79 Å². The van der Waals surface area contributed by atoms with Gasteiger partial charge in [-0.25, -0.2) is 4.79 Å². The number of aromatic nitrogens is 3. The second-order valence-electron chi connectivity index (χ2n) is 11.0. The topological polar surface area (TPSA) is 123 Å². The maximum absolute atomic E-state index is 12.6. The molecule has 8 bridgehead atoms. The maximum atomic E-state index is 12.6. The van der Waals surface area contributed by atoms with Gasteiger partial charge in [-0.15, -0.1) is 0 Å². The van der Waals surface area contributed by atoms with E-state index in [1.54, 1.807) is 0 Å². The van der Waals surface area contributed by atoms with Gasteiger partial charge < -0.3 is 30.1 Å². The van der Waals surface area contributed by atoms with Gasteiger partial charge in [0, 0.05) is 56.6 Å². The summed E-state index contributed by atoms with van der Waals surface area (Å²) in [5.74, 6) is -0.911. The molecule has 0 aromatic carbocycles. The van der Waals surface area contributed by atoms with Crippen molar-refractivity contribution in [2.75, 3.05) is 6.61 Å². The molecular weight excluding hydrogens is 516 g/mol. The lowest BCUT2D eigenvalue weighted by molar-refractivity contribution is -0.129. The summed E-state index contributed by atoms with van der Waals surface area (Å²) in [6.45, 7) is 17.1. The molecule has 1 fully saturated rings. The molecule has 5 heterocycles. The zero-order valence-corrected chi connectivity index (χ0v) is 24.5. The standard InChI is InChI=1S/C33H38N4O4/c1-8-21-16(3)24-12-26-18(5)23(10-11-41-15-38)31(36-26)20(7)32-30(33(39)40)19(6)27(37-32)14-29-22(9-2)17(4)25(35-29)13-28(21)34-24/h8,12-15,18,23,34-37H,1,9-11H2,2-7H3,(H,39,40)/t18-,23-/m0/s1. The van der Waals surface area contributed by atoms with Crippen molar-refractivity contribution in [1.82, 2.24) is 20.3 Å². The normalized spacial score (nSPS) is 17.9. The Kier molecular flexibility index (Phi) is 7.43. The van der Waals surface area contributed by atoms with Crippen LogP contribution in [-0.4, -0.2) is 39.1 Å². The largest absolute Gasteiger partial charge is 0.478 e. The number of carbonyl (C=O) groups excluding carboxylic acids is 1. The fourth-order valence-corrected chi connectivity index (χ4v) is 6.47. The molecule has 8 nitrogen and oxygen atoms in total. The lowest BCUT2D eigenvalue weighted by Crippen LogP contribution is -2.14. The quantitative estimate of drug-likeness (QED) is 0.215. The highest BCUT2D eigenvalue weighted by molar-refractivity contribution is 5.96. The minimum absolute atomic E-state index is 0.00498. The third-order valence-electron chi connectivity index (χ3n) is 8.89. The van der Waals surface area contributed by atoms with Crippen LogP contribution in [0.1, 0.15) is 88.1 Å². The summed E-state index contributed by atoms with van der Waals surface area (Å²) in [5.41, 5.74) is 11.4. The Balaban J connectivity index is 1.88. The van der Waals surface area contributed by atoms with Crippen LogP contribution in [0.5, 0.6) is 0 Å². The molecule has 214 valence electrons. The Bertz CT molecular complexity index is 1760. The van der Waals surface area contributed by atoms with Gasteiger partial charge in [0.25, 0.3) is 6.47 Å². The van der Waals surface area contributed by atoms with Crippen LogP contribution in [0.25, 0.3) is 29.9 Å². The maximum Gasteiger partial charge on any atom is 0.338 e. The van der Waals surface area contributed by atoms with E-state index in [-0.39, 0.29) is 24.0 Å². The van der Waals surface area contributed by atoms with Gasteiger partial charge in [-0.05, 0) is 86.6 Å². The Hall–Kier alpha value is -4.46. The molecule has 3 aromatic rings. The van der Waals surface area contributed by atoms with E-state index in [2.05, 4.69) is 66.7 Å².